The lowest BCUT2D eigenvalue weighted by Crippen LogP contribution is -2.45. The van der Waals surface area contributed by atoms with Crippen LogP contribution in [0, 0.1) is 17.0 Å². The van der Waals surface area contributed by atoms with Gasteiger partial charge in [-0.25, -0.2) is 0 Å². The molecule has 1 aromatic carbocycles. The van der Waals surface area contributed by atoms with E-state index in [-0.39, 0.29) is 22.9 Å². The van der Waals surface area contributed by atoms with Crippen molar-refractivity contribution in [2.24, 2.45) is 0 Å². The molecule has 0 saturated carbocycles. The number of anilines is 2. The first-order chi connectivity index (χ1) is 16.4. The molecule has 0 spiro atoms. The third kappa shape index (κ3) is 5.09. The van der Waals surface area contributed by atoms with Gasteiger partial charge in [-0.15, -0.1) is 5.10 Å². The molecule has 0 aliphatic carbocycles. The molecule has 1 saturated heterocycles. The summed E-state index contributed by atoms with van der Waals surface area (Å²) in [6.07, 6.45) is 1.50. The number of rotatable bonds is 8. The van der Waals surface area contributed by atoms with Gasteiger partial charge in [0.1, 0.15) is 5.69 Å². The van der Waals surface area contributed by atoms with Gasteiger partial charge < -0.3 is 10.2 Å². The molecule has 3 aromatic rings. The first kappa shape index (κ1) is 23.8. The second kappa shape index (κ2) is 10.3. The molecule has 3 heterocycles. The summed E-state index contributed by atoms with van der Waals surface area (Å²) >= 11 is 6.26. The second-order valence-electron chi connectivity index (χ2n) is 8.17. The van der Waals surface area contributed by atoms with Crippen molar-refractivity contribution in [3.8, 4) is 0 Å². The summed E-state index contributed by atoms with van der Waals surface area (Å²) in [4.78, 5) is 33.6. The number of aromatic nitrogens is 3. The number of hydrogen-bond acceptors (Lipinski definition) is 8. The van der Waals surface area contributed by atoms with E-state index in [1.807, 2.05) is 0 Å². The number of benzene rings is 1. The van der Waals surface area contributed by atoms with Crippen LogP contribution in [0.5, 0.6) is 0 Å². The lowest BCUT2D eigenvalue weighted by atomic mass is 10.0. The maximum absolute atomic E-state index is 13.3. The van der Waals surface area contributed by atoms with Crippen molar-refractivity contribution < 1.29 is 9.72 Å². The average Bonchev–Trinajstić information content (AvgIpc) is 3.19. The molecule has 0 unspecified atom stereocenters. The van der Waals surface area contributed by atoms with E-state index >= 15 is 0 Å². The molecule has 178 valence electrons. The minimum absolute atomic E-state index is 0.0319. The monoisotopic (exact) mass is 483 g/mol. The number of carbonyl (C=O) groups is 1. The van der Waals surface area contributed by atoms with Crippen LogP contribution in [0.15, 0.2) is 36.5 Å². The Balaban J connectivity index is 1.68. The number of nitro groups is 1. The van der Waals surface area contributed by atoms with Crippen LogP contribution < -0.4 is 5.32 Å². The summed E-state index contributed by atoms with van der Waals surface area (Å²) in [5.74, 6) is -0.303. The maximum Gasteiger partial charge on any atom is 0.333 e. The Labute approximate surface area is 202 Å². The summed E-state index contributed by atoms with van der Waals surface area (Å²) < 4.78 is 0. The number of nitrogens with one attached hydrogen (secondary N) is 2. The first-order valence-electron chi connectivity index (χ1n) is 11.1. The van der Waals surface area contributed by atoms with Crippen molar-refractivity contribution in [1.82, 2.24) is 25.0 Å². The van der Waals surface area contributed by atoms with Gasteiger partial charge >= 0.3 is 5.69 Å². The maximum atomic E-state index is 13.3. The van der Waals surface area contributed by atoms with E-state index in [0.717, 1.165) is 38.4 Å². The van der Waals surface area contributed by atoms with E-state index in [2.05, 4.69) is 37.2 Å². The Morgan fingerprint density at radius 1 is 1.21 bits per heavy atom. The second-order valence-corrected chi connectivity index (χ2v) is 8.58. The number of H-pyrrole nitrogens is 1. The number of hydrogen-bond donors (Lipinski definition) is 2. The van der Waals surface area contributed by atoms with Crippen LogP contribution in [-0.4, -0.2) is 68.4 Å². The zero-order chi connectivity index (χ0) is 24.2. The first-order valence-corrected chi connectivity index (χ1v) is 11.4. The lowest BCUT2D eigenvalue weighted by Gasteiger charge is -2.33. The molecule has 1 fully saturated rings. The molecule has 1 aliphatic rings. The predicted molar refractivity (Wildman–Crippen MR) is 130 cm³/mol. The van der Waals surface area contributed by atoms with Crippen LogP contribution in [0.3, 0.4) is 0 Å². The van der Waals surface area contributed by atoms with E-state index in [0.29, 0.717) is 28.5 Å². The molecule has 0 bridgehead atoms. The largest absolute Gasteiger partial charge is 0.333 e. The Bertz CT molecular complexity index is 1210. The van der Waals surface area contributed by atoms with Crippen molar-refractivity contribution in [3.63, 3.8) is 0 Å². The summed E-state index contributed by atoms with van der Waals surface area (Å²) in [6.45, 7) is 9.17. The Morgan fingerprint density at radius 3 is 2.59 bits per heavy atom. The van der Waals surface area contributed by atoms with Crippen LogP contribution in [0.2, 0.25) is 5.02 Å². The Morgan fingerprint density at radius 2 is 1.91 bits per heavy atom. The van der Waals surface area contributed by atoms with E-state index in [1.165, 1.54) is 6.20 Å². The topological polar surface area (TPSA) is 120 Å². The van der Waals surface area contributed by atoms with Crippen molar-refractivity contribution in [1.29, 1.82) is 0 Å². The van der Waals surface area contributed by atoms with Crippen molar-refractivity contribution in [3.05, 3.63) is 74.2 Å². The average molecular weight is 484 g/mol. The number of aromatic amines is 1. The van der Waals surface area contributed by atoms with Crippen molar-refractivity contribution in [2.75, 3.05) is 38.0 Å². The van der Waals surface area contributed by atoms with Crippen LogP contribution in [0.25, 0.3) is 0 Å². The van der Waals surface area contributed by atoms with Crippen molar-refractivity contribution in [2.45, 2.75) is 20.4 Å². The zero-order valence-electron chi connectivity index (χ0n) is 19.0. The number of halogens is 1. The number of piperazine rings is 1. The summed E-state index contributed by atoms with van der Waals surface area (Å²) in [5.41, 5.74) is 1.85. The highest BCUT2D eigenvalue weighted by Gasteiger charge is 2.25. The molecule has 2 N–H and O–H groups in total. The molecule has 10 nitrogen and oxygen atoms in total. The molecule has 0 atom stereocenters. The zero-order valence-corrected chi connectivity index (χ0v) is 19.8. The highest BCUT2D eigenvalue weighted by Crippen LogP contribution is 2.31. The molecule has 11 heteroatoms. The standard InChI is InChI=1S/C23H26ClN7O3/c1-3-29-8-10-30(11-9-29)14-16-12-20(26-23-21(31(33)34)15(2)27-28-23)18(13-25-16)22(32)17-6-4-5-7-19(17)24/h4-7,12-13H,3,8-11,14H2,1-2H3,(H2,25,26,27,28). The van der Waals surface area contributed by atoms with Crippen LogP contribution in [-0.2, 0) is 6.54 Å². The van der Waals surface area contributed by atoms with Gasteiger partial charge in [0, 0.05) is 44.5 Å². The van der Waals surface area contributed by atoms with Gasteiger partial charge in [0.25, 0.3) is 0 Å². The third-order valence-corrected chi connectivity index (χ3v) is 6.30. The smallest absolute Gasteiger partial charge is 0.332 e. The van der Waals surface area contributed by atoms with Gasteiger partial charge in [0.15, 0.2) is 5.78 Å². The van der Waals surface area contributed by atoms with E-state index in [1.54, 1.807) is 37.3 Å². The lowest BCUT2D eigenvalue weighted by molar-refractivity contribution is -0.384. The van der Waals surface area contributed by atoms with Gasteiger partial charge in [0.2, 0.25) is 5.82 Å². The number of likely N-dealkylation sites (N-methyl/N-ethyl adjacent to an activating group) is 1. The number of aryl methyl sites for hydroxylation is 1. The molecule has 4 rings (SSSR count). The molecule has 2 aromatic heterocycles. The minimum atomic E-state index is -0.508. The van der Waals surface area contributed by atoms with Gasteiger partial charge in [-0.1, -0.05) is 30.7 Å². The van der Waals surface area contributed by atoms with E-state index in [9.17, 15) is 14.9 Å². The van der Waals surface area contributed by atoms with Gasteiger partial charge in [0.05, 0.1) is 26.9 Å². The molecular formula is C23H26ClN7O3. The summed E-state index contributed by atoms with van der Waals surface area (Å²) in [6, 6.07) is 8.50. The molecule has 0 amide bonds. The summed E-state index contributed by atoms with van der Waals surface area (Å²) in [5, 5.41) is 21.5. The number of nitrogens with zero attached hydrogens (tertiary/aromatic N) is 5. The fourth-order valence-electron chi connectivity index (χ4n) is 4.01. The van der Waals surface area contributed by atoms with Crippen LogP contribution >= 0.6 is 11.6 Å². The van der Waals surface area contributed by atoms with Crippen molar-refractivity contribution >= 4 is 34.6 Å². The minimum Gasteiger partial charge on any atom is -0.332 e. The van der Waals surface area contributed by atoms with Crippen LogP contribution in [0.1, 0.15) is 34.2 Å². The molecule has 1 aliphatic heterocycles. The summed E-state index contributed by atoms with van der Waals surface area (Å²) in [7, 11) is 0. The third-order valence-electron chi connectivity index (χ3n) is 5.97. The quantitative estimate of drug-likeness (QED) is 0.282. The molecule has 34 heavy (non-hydrogen) atoms. The van der Waals surface area contributed by atoms with Gasteiger partial charge in [-0.05, 0) is 31.7 Å². The van der Waals surface area contributed by atoms with E-state index < -0.39 is 4.92 Å². The number of carbonyl (C=O) groups excluding carboxylic acids is 1. The van der Waals surface area contributed by atoms with E-state index in [4.69, 9.17) is 11.6 Å². The van der Waals surface area contributed by atoms with Crippen LogP contribution in [0.4, 0.5) is 17.2 Å². The van der Waals surface area contributed by atoms with Gasteiger partial charge in [-0.3, -0.25) is 29.9 Å². The Kier molecular flexibility index (Phi) is 7.20. The normalized spacial score (nSPS) is 14.8. The Hall–Kier alpha value is -3.34. The molecule has 0 radical (unpaired) electrons. The molecular weight excluding hydrogens is 458 g/mol. The van der Waals surface area contributed by atoms with Gasteiger partial charge in [-0.2, -0.15) is 0 Å². The highest BCUT2D eigenvalue weighted by molar-refractivity contribution is 6.35. The fraction of sp³-hybridized carbons (Fsp3) is 0.348. The SMILES string of the molecule is CCN1CCN(Cc2cc(Nc3n[nH]c(C)c3[N+](=O)[O-])c(C(=O)c3ccccc3Cl)cn2)CC1. The predicted octanol–water partition coefficient (Wildman–Crippen LogP) is 3.79. The number of ketones is 1. The highest BCUT2D eigenvalue weighted by atomic mass is 35.5. The number of pyridine rings is 1. The fourth-order valence-corrected chi connectivity index (χ4v) is 4.24.